The highest BCUT2D eigenvalue weighted by atomic mass is 35.5. The Balaban J connectivity index is 2.08. The van der Waals surface area contributed by atoms with E-state index in [0.717, 1.165) is 29.9 Å². The van der Waals surface area contributed by atoms with E-state index in [1.165, 1.54) is 11.3 Å². The highest BCUT2D eigenvalue weighted by Gasteiger charge is 2.34. The van der Waals surface area contributed by atoms with Gasteiger partial charge in [0.25, 0.3) is 0 Å². The van der Waals surface area contributed by atoms with Crippen molar-refractivity contribution in [2.75, 3.05) is 13.1 Å². The van der Waals surface area contributed by atoms with Gasteiger partial charge in [0, 0.05) is 36.6 Å². The lowest BCUT2D eigenvalue weighted by Gasteiger charge is -2.45. The zero-order valence-electron chi connectivity index (χ0n) is 13.9. The minimum Gasteiger partial charge on any atom is -0.311 e. The number of rotatable bonds is 4. The third-order valence-electron chi connectivity index (χ3n) is 4.31. The Kier molecular flexibility index (Phi) is 5.75. The zero-order chi connectivity index (χ0) is 15.6. The standard InChI is InChI=1S/C17H29ClN2S/c1-12(2)8-13-9-19-15(17(3,4)5)11-20(13)10-14-6-7-16(18)21-14/h6-7,12-13,15,19H,8-11H2,1-5H3. The molecule has 0 radical (unpaired) electrons. The Labute approximate surface area is 138 Å². The van der Waals surface area contributed by atoms with Gasteiger partial charge in [-0.25, -0.2) is 0 Å². The smallest absolute Gasteiger partial charge is 0.0931 e. The van der Waals surface area contributed by atoms with Crippen molar-refractivity contribution in [3.05, 3.63) is 21.3 Å². The van der Waals surface area contributed by atoms with Crippen LogP contribution in [-0.4, -0.2) is 30.1 Å². The summed E-state index contributed by atoms with van der Waals surface area (Å²) in [4.78, 5) is 4.04. The molecule has 0 aromatic carbocycles. The Morgan fingerprint density at radius 2 is 2.10 bits per heavy atom. The summed E-state index contributed by atoms with van der Waals surface area (Å²) >= 11 is 7.80. The van der Waals surface area contributed by atoms with Crippen LogP contribution in [0.1, 0.15) is 45.9 Å². The SMILES string of the molecule is CC(C)CC1CNC(C(C)(C)C)CN1Cc1ccc(Cl)s1. The summed E-state index contributed by atoms with van der Waals surface area (Å²) in [6, 6.07) is 5.37. The fraction of sp³-hybridized carbons (Fsp3) is 0.765. The molecule has 1 saturated heterocycles. The van der Waals surface area contributed by atoms with E-state index < -0.39 is 0 Å². The van der Waals surface area contributed by atoms with Gasteiger partial charge in [0.2, 0.25) is 0 Å². The summed E-state index contributed by atoms with van der Waals surface area (Å²) in [5.41, 5.74) is 0.300. The molecule has 2 rings (SSSR count). The van der Waals surface area contributed by atoms with Crippen LogP contribution in [0.5, 0.6) is 0 Å². The fourth-order valence-electron chi connectivity index (χ4n) is 3.04. The van der Waals surface area contributed by atoms with Crippen molar-refractivity contribution in [2.45, 2.75) is 59.7 Å². The van der Waals surface area contributed by atoms with Gasteiger partial charge in [-0.05, 0) is 29.9 Å². The van der Waals surface area contributed by atoms with E-state index in [4.69, 9.17) is 11.6 Å². The van der Waals surface area contributed by atoms with Crippen molar-refractivity contribution in [1.29, 1.82) is 0 Å². The molecular formula is C17H29ClN2S. The number of piperazine rings is 1. The van der Waals surface area contributed by atoms with Crippen molar-refractivity contribution in [3.63, 3.8) is 0 Å². The summed E-state index contributed by atoms with van der Waals surface area (Å²) in [7, 11) is 0. The van der Waals surface area contributed by atoms with Gasteiger partial charge in [0.1, 0.15) is 0 Å². The van der Waals surface area contributed by atoms with Gasteiger partial charge in [0.05, 0.1) is 4.34 Å². The van der Waals surface area contributed by atoms with E-state index >= 15 is 0 Å². The van der Waals surface area contributed by atoms with Crippen LogP contribution in [-0.2, 0) is 6.54 Å². The predicted molar refractivity (Wildman–Crippen MR) is 94.2 cm³/mol. The average molecular weight is 329 g/mol. The molecule has 0 saturated carbocycles. The van der Waals surface area contributed by atoms with Crippen LogP contribution in [0.25, 0.3) is 0 Å². The quantitative estimate of drug-likeness (QED) is 0.866. The van der Waals surface area contributed by atoms with Crippen molar-refractivity contribution in [3.8, 4) is 0 Å². The van der Waals surface area contributed by atoms with Gasteiger partial charge in [-0.2, -0.15) is 0 Å². The first-order chi connectivity index (χ1) is 9.75. The van der Waals surface area contributed by atoms with Gasteiger partial charge >= 0.3 is 0 Å². The Hall–Kier alpha value is -0.0900. The number of nitrogens with zero attached hydrogens (tertiary/aromatic N) is 1. The lowest BCUT2D eigenvalue weighted by molar-refractivity contribution is 0.0699. The van der Waals surface area contributed by atoms with E-state index in [1.54, 1.807) is 11.3 Å². The molecule has 4 heteroatoms. The highest BCUT2D eigenvalue weighted by Crippen LogP contribution is 2.29. The van der Waals surface area contributed by atoms with Crippen molar-refractivity contribution in [1.82, 2.24) is 10.2 Å². The molecule has 0 amide bonds. The zero-order valence-corrected chi connectivity index (χ0v) is 15.5. The molecule has 1 aromatic rings. The molecule has 1 aliphatic heterocycles. The van der Waals surface area contributed by atoms with E-state index in [1.807, 2.05) is 6.07 Å². The maximum Gasteiger partial charge on any atom is 0.0931 e. The molecule has 21 heavy (non-hydrogen) atoms. The normalized spacial score (nSPS) is 24.7. The summed E-state index contributed by atoms with van der Waals surface area (Å²) < 4.78 is 0.896. The van der Waals surface area contributed by atoms with Gasteiger partial charge in [-0.15, -0.1) is 11.3 Å². The van der Waals surface area contributed by atoms with Gasteiger partial charge < -0.3 is 5.32 Å². The van der Waals surface area contributed by atoms with Crippen molar-refractivity contribution >= 4 is 22.9 Å². The van der Waals surface area contributed by atoms with Gasteiger partial charge in [-0.1, -0.05) is 46.2 Å². The van der Waals surface area contributed by atoms with E-state index in [0.29, 0.717) is 17.5 Å². The molecule has 0 bridgehead atoms. The van der Waals surface area contributed by atoms with Crippen LogP contribution in [0.15, 0.2) is 12.1 Å². The minimum atomic E-state index is 0.300. The first-order valence-corrected chi connectivity index (χ1v) is 9.17. The summed E-state index contributed by atoms with van der Waals surface area (Å²) in [6.45, 7) is 14.9. The third kappa shape index (κ3) is 4.95. The molecule has 0 aliphatic carbocycles. The van der Waals surface area contributed by atoms with E-state index in [-0.39, 0.29) is 0 Å². The van der Waals surface area contributed by atoms with Crippen LogP contribution >= 0.6 is 22.9 Å². The third-order valence-corrected chi connectivity index (χ3v) is 5.53. The molecule has 1 N–H and O–H groups in total. The molecule has 1 aromatic heterocycles. The van der Waals surface area contributed by atoms with Crippen LogP contribution in [0.2, 0.25) is 4.34 Å². The second-order valence-electron chi connectivity index (χ2n) is 7.75. The van der Waals surface area contributed by atoms with E-state index in [9.17, 15) is 0 Å². The summed E-state index contributed by atoms with van der Waals surface area (Å²) in [5.74, 6) is 0.734. The predicted octanol–water partition coefficient (Wildman–Crippen LogP) is 4.64. The number of thiophene rings is 1. The molecular weight excluding hydrogens is 300 g/mol. The van der Waals surface area contributed by atoms with Crippen molar-refractivity contribution < 1.29 is 0 Å². The molecule has 0 spiro atoms. The largest absolute Gasteiger partial charge is 0.311 e. The Morgan fingerprint density at radius 3 is 2.62 bits per heavy atom. The van der Waals surface area contributed by atoms with Crippen LogP contribution in [0.3, 0.4) is 0 Å². The monoisotopic (exact) mass is 328 g/mol. The van der Waals surface area contributed by atoms with Crippen LogP contribution in [0, 0.1) is 11.3 Å². The second-order valence-corrected chi connectivity index (χ2v) is 9.55. The second kappa shape index (κ2) is 6.99. The molecule has 2 unspecified atom stereocenters. The molecule has 2 heterocycles. The maximum atomic E-state index is 6.09. The number of halogens is 1. The lowest BCUT2D eigenvalue weighted by atomic mass is 9.84. The Morgan fingerprint density at radius 1 is 1.38 bits per heavy atom. The van der Waals surface area contributed by atoms with E-state index in [2.05, 4.69) is 50.9 Å². The van der Waals surface area contributed by atoms with Gasteiger partial charge in [-0.3, -0.25) is 4.90 Å². The first-order valence-electron chi connectivity index (χ1n) is 7.97. The number of hydrogen-bond donors (Lipinski definition) is 1. The summed E-state index contributed by atoms with van der Waals surface area (Å²) in [5, 5.41) is 3.77. The lowest BCUT2D eigenvalue weighted by Crippen LogP contribution is -2.60. The summed E-state index contributed by atoms with van der Waals surface area (Å²) in [6.07, 6.45) is 1.25. The highest BCUT2D eigenvalue weighted by molar-refractivity contribution is 7.16. The number of nitrogens with one attached hydrogen (secondary N) is 1. The van der Waals surface area contributed by atoms with Crippen LogP contribution in [0.4, 0.5) is 0 Å². The molecule has 120 valence electrons. The molecule has 2 nitrogen and oxygen atoms in total. The first kappa shape index (κ1) is 17.3. The fourth-order valence-corrected chi connectivity index (χ4v) is 4.16. The van der Waals surface area contributed by atoms with Crippen molar-refractivity contribution in [2.24, 2.45) is 11.3 Å². The minimum absolute atomic E-state index is 0.300. The maximum absolute atomic E-state index is 6.09. The topological polar surface area (TPSA) is 15.3 Å². The average Bonchev–Trinajstić information content (AvgIpc) is 2.75. The number of hydrogen-bond acceptors (Lipinski definition) is 3. The molecule has 1 fully saturated rings. The Bertz CT molecular complexity index is 450. The molecule has 2 atom stereocenters. The molecule has 1 aliphatic rings. The van der Waals surface area contributed by atoms with Crippen LogP contribution < -0.4 is 5.32 Å². The van der Waals surface area contributed by atoms with Gasteiger partial charge in [0.15, 0.2) is 0 Å².